The fraction of sp³-hybridized carbons (Fsp3) is 0.556. The first-order valence-corrected chi connectivity index (χ1v) is 8.09. The van der Waals surface area contributed by atoms with Crippen molar-refractivity contribution in [2.24, 2.45) is 0 Å². The van der Waals surface area contributed by atoms with Gasteiger partial charge in [-0.1, -0.05) is 31.9 Å². The summed E-state index contributed by atoms with van der Waals surface area (Å²) in [6.07, 6.45) is 3.45. The maximum absolute atomic E-state index is 12.3. The lowest BCUT2D eigenvalue weighted by Crippen LogP contribution is -2.38. The third kappa shape index (κ3) is 5.98. The molecule has 1 amide bonds. The Kier molecular flexibility index (Phi) is 7.82. The maximum Gasteiger partial charge on any atom is 0.238 e. The van der Waals surface area contributed by atoms with E-state index in [9.17, 15) is 9.59 Å². The molecule has 0 aromatic heterocycles. The highest BCUT2D eigenvalue weighted by Crippen LogP contribution is 2.15. The van der Waals surface area contributed by atoms with Gasteiger partial charge in [0.1, 0.15) is 0 Å². The number of Topliss-reactive ketones (excluding diaryl/α,β-unsaturated/α-hetero) is 1. The van der Waals surface area contributed by atoms with Gasteiger partial charge < -0.3 is 5.32 Å². The van der Waals surface area contributed by atoms with Crippen LogP contribution in [0.25, 0.3) is 0 Å². The van der Waals surface area contributed by atoms with E-state index in [2.05, 4.69) is 31.0 Å². The topological polar surface area (TPSA) is 49.4 Å². The van der Waals surface area contributed by atoms with Crippen LogP contribution in [-0.4, -0.2) is 35.7 Å². The molecule has 0 aliphatic carbocycles. The molecule has 0 bridgehead atoms. The number of amides is 1. The lowest BCUT2D eigenvalue weighted by molar-refractivity contribution is -0.117. The van der Waals surface area contributed by atoms with Crippen molar-refractivity contribution in [1.82, 2.24) is 4.90 Å². The number of ketones is 1. The molecule has 22 heavy (non-hydrogen) atoms. The molecule has 1 aromatic carbocycles. The van der Waals surface area contributed by atoms with Crippen molar-refractivity contribution in [3.63, 3.8) is 0 Å². The van der Waals surface area contributed by atoms with Gasteiger partial charge in [0.15, 0.2) is 5.78 Å². The zero-order valence-corrected chi connectivity index (χ0v) is 14.2. The van der Waals surface area contributed by atoms with Crippen molar-refractivity contribution in [2.75, 3.05) is 18.4 Å². The number of hydrogen-bond donors (Lipinski definition) is 1. The van der Waals surface area contributed by atoms with Gasteiger partial charge >= 0.3 is 0 Å². The molecule has 0 radical (unpaired) electrons. The first-order chi connectivity index (χ1) is 10.5. The molecule has 4 nitrogen and oxygen atoms in total. The van der Waals surface area contributed by atoms with Gasteiger partial charge in [-0.25, -0.2) is 0 Å². The molecule has 0 spiro atoms. The van der Waals surface area contributed by atoms with Gasteiger partial charge in [-0.15, -0.1) is 0 Å². The van der Waals surface area contributed by atoms with Gasteiger partial charge in [0.05, 0.1) is 12.2 Å². The molecule has 1 N–H and O–H groups in total. The van der Waals surface area contributed by atoms with E-state index in [1.807, 2.05) is 6.07 Å². The van der Waals surface area contributed by atoms with Gasteiger partial charge in [-0.3, -0.25) is 14.5 Å². The molecule has 1 aromatic rings. The van der Waals surface area contributed by atoms with E-state index in [0.29, 0.717) is 23.8 Å². The number of para-hydroxylation sites is 1. The Bertz CT molecular complexity index is 498. The second-order valence-electron chi connectivity index (χ2n) is 5.92. The lowest BCUT2D eigenvalue weighted by atomic mass is 10.1. The Balaban J connectivity index is 2.66. The molecule has 122 valence electrons. The number of rotatable bonds is 9. The number of nitrogens with zero attached hydrogens (tertiary/aromatic N) is 1. The molecular formula is C18H28N2O2. The standard InChI is InChI=1S/C18H28N2O2/c1-5-6-9-12-20(14(2)3)13-18(22)19-17-11-8-7-10-16(17)15(4)21/h7-8,10-11,14H,5-6,9,12-13H2,1-4H3,(H,19,22). The molecule has 0 saturated carbocycles. The van der Waals surface area contributed by atoms with E-state index in [4.69, 9.17) is 0 Å². The summed E-state index contributed by atoms with van der Waals surface area (Å²) < 4.78 is 0. The van der Waals surface area contributed by atoms with Crippen molar-refractivity contribution in [2.45, 2.75) is 53.0 Å². The van der Waals surface area contributed by atoms with Crippen LogP contribution < -0.4 is 5.32 Å². The van der Waals surface area contributed by atoms with Gasteiger partial charge in [0.2, 0.25) is 5.91 Å². The first-order valence-electron chi connectivity index (χ1n) is 8.09. The fourth-order valence-corrected chi connectivity index (χ4v) is 2.36. The molecular weight excluding hydrogens is 276 g/mol. The Hall–Kier alpha value is -1.68. The number of unbranched alkanes of at least 4 members (excludes halogenated alkanes) is 2. The molecule has 0 unspecified atom stereocenters. The average Bonchev–Trinajstić information content (AvgIpc) is 2.46. The molecule has 0 saturated heterocycles. The number of carbonyl (C=O) groups excluding carboxylic acids is 2. The summed E-state index contributed by atoms with van der Waals surface area (Å²) in [5, 5.41) is 2.87. The second kappa shape index (κ2) is 9.36. The van der Waals surface area contributed by atoms with Crippen molar-refractivity contribution >= 4 is 17.4 Å². The Morgan fingerprint density at radius 3 is 2.45 bits per heavy atom. The van der Waals surface area contributed by atoms with E-state index in [0.717, 1.165) is 13.0 Å². The lowest BCUT2D eigenvalue weighted by Gasteiger charge is -2.25. The third-order valence-corrected chi connectivity index (χ3v) is 3.71. The highest BCUT2D eigenvalue weighted by molar-refractivity contribution is 6.04. The number of carbonyl (C=O) groups is 2. The third-order valence-electron chi connectivity index (χ3n) is 3.71. The van der Waals surface area contributed by atoms with E-state index < -0.39 is 0 Å². The fourth-order valence-electron chi connectivity index (χ4n) is 2.36. The largest absolute Gasteiger partial charge is 0.324 e. The van der Waals surface area contributed by atoms with Crippen LogP contribution in [0.2, 0.25) is 0 Å². The van der Waals surface area contributed by atoms with Gasteiger partial charge in [0, 0.05) is 11.6 Å². The Morgan fingerprint density at radius 1 is 1.18 bits per heavy atom. The second-order valence-corrected chi connectivity index (χ2v) is 5.92. The van der Waals surface area contributed by atoms with E-state index in [1.54, 1.807) is 18.2 Å². The highest BCUT2D eigenvalue weighted by atomic mass is 16.2. The van der Waals surface area contributed by atoms with Gasteiger partial charge in [0.25, 0.3) is 0 Å². The van der Waals surface area contributed by atoms with Crippen LogP contribution in [0, 0.1) is 0 Å². The molecule has 0 atom stereocenters. The monoisotopic (exact) mass is 304 g/mol. The van der Waals surface area contributed by atoms with Crippen LogP contribution in [0.3, 0.4) is 0 Å². The molecule has 0 aliphatic rings. The smallest absolute Gasteiger partial charge is 0.238 e. The van der Waals surface area contributed by atoms with Crippen molar-refractivity contribution in [3.05, 3.63) is 29.8 Å². The number of hydrogen-bond acceptors (Lipinski definition) is 3. The summed E-state index contributed by atoms with van der Waals surface area (Å²) in [5.74, 6) is -0.113. The highest BCUT2D eigenvalue weighted by Gasteiger charge is 2.15. The SMILES string of the molecule is CCCCCN(CC(=O)Nc1ccccc1C(C)=O)C(C)C. The van der Waals surface area contributed by atoms with Crippen LogP contribution in [0.1, 0.15) is 57.3 Å². The van der Waals surface area contributed by atoms with Gasteiger partial charge in [-0.05, 0) is 45.9 Å². The predicted octanol–water partition coefficient (Wildman–Crippen LogP) is 3.73. The van der Waals surface area contributed by atoms with Crippen LogP contribution in [0.5, 0.6) is 0 Å². The Morgan fingerprint density at radius 2 is 1.86 bits per heavy atom. The van der Waals surface area contributed by atoms with Crippen molar-refractivity contribution < 1.29 is 9.59 Å². The molecule has 1 rings (SSSR count). The van der Waals surface area contributed by atoms with Crippen molar-refractivity contribution in [1.29, 1.82) is 0 Å². The summed E-state index contributed by atoms with van der Waals surface area (Å²) in [5.41, 5.74) is 1.15. The minimum Gasteiger partial charge on any atom is -0.324 e. The first kappa shape index (κ1) is 18.4. The summed E-state index contributed by atoms with van der Waals surface area (Å²) in [7, 11) is 0. The predicted molar refractivity (Wildman–Crippen MR) is 91.3 cm³/mol. The summed E-state index contributed by atoms with van der Waals surface area (Å²) >= 11 is 0. The minimum absolute atomic E-state index is 0.0421. The zero-order valence-electron chi connectivity index (χ0n) is 14.2. The molecule has 0 fully saturated rings. The molecule has 4 heteroatoms. The van der Waals surface area contributed by atoms with Crippen LogP contribution in [0.4, 0.5) is 5.69 Å². The molecule has 0 aliphatic heterocycles. The van der Waals surface area contributed by atoms with Crippen LogP contribution in [-0.2, 0) is 4.79 Å². The quantitative estimate of drug-likeness (QED) is 0.558. The van der Waals surface area contributed by atoms with Crippen molar-refractivity contribution in [3.8, 4) is 0 Å². The number of benzene rings is 1. The number of nitrogens with one attached hydrogen (secondary N) is 1. The maximum atomic E-state index is 12.3. The summed E-state index contributed by atoms with van der Waals surface area (Å²) in [6.45, 7) is 9.16. The van der Waals surface area contributed by atoms with Crippen LogP contribution >= 0.6 is 0 Å². The summed E-state index contributed by atoms with van der Waals surface area (Å²) in [4.78, 5) is 26.0. The van der Waals surface area contributed by atoms with E-state index in [1.165, 1.54) is 19.8 Å². The average molecular weight is 304 g/mol. The summed E-state index contributed by atoms with van der Waals surface area (Å²) in [6, 6.07) is 7.46. The van der Waals surface area contributed by atoms with Gasteiger partial charge in [-0.2, -0.15) is 0 Å². The Labute approximate surface area is 133 Å². The normalized spacial score (nSPS) is 11.0. The zero-order chi connectivity index (χ0) is 16.5. The number of anilines is 1. The minimum atomic E-state index is -0.0705. The van der Waals surface area contributed by atoms with E-state index in [-0.39, 0.29) is 11.7 Å². The molecule has 0 heterocycles. The van der Waals surface area contributed by atoms with Crippen LogP contribution in [0.15, 0.2) is 24.3 Å². The van der Waals surface area contributed by atoms with E-state index >= 15 is 0 Å².